The second kappa shape index (κ2) is 4.55. The van der Waals surface area contributed by atoms with Crippen LogP contribution in [-0.4, -0.2) is 23.1 Å². The van der Waals surface area contributed by atoms with Crippen LogP contribution >= 0.6 is 11.3 Å². The molecular formula is C10H13N3OS. The molecule has 2 aromatic rings. The number of nitrogens with one attached hydrogen (secondary N) is 1. The van der Waals surface area contributed by atoms with Crippen molar-refractivity contribution in [3.63, 3.8) is 0 Å². The average molecular weight is 223 g/mol. The maximum Gasteiger partial charge on any atom is 0.262 e. The van der Waals surface area contributed by atoms with E-state index >= 15 is 0 Å². The Morgan fingerprint density at radius 3 is 3.27 bits per heavy atom. The van der Waals surface area contributed by atoms with Gasteiger partial charge in [0.1, 0.15) is 4.83 Å². The van der Waals surface area contributed by atoms with Crippen LogP contribution < -0.4 is 10.9 Å². The Morgan fingerprint density at radius 2 is 2.47 bits per heavy atom. The fraction of sp³-hybridized carbons (Fsp3) is 0.400. The van der Waals surface area contributed by atoms with E-state index in [9.17, 15) is 4.79 Å². The standard InChI is InChI=1S/C10H13N3OS/c1-11-4-2-5-13-7-12-9-8(10(13)14)3-6-15-9/h3,6-7,11H,2,4-5H2,1H3. The second-order valence-corrected chi connectivity index (χ2v) is 4.23. The lowest BCUT2D eigenvalue weighted by molar-refractivity contribution is 0.594. The van der Waals surface area contributed by atoms with Gasteiger partial charge in [-0.25, -0.2) is 4.98 Å². The number of nitrogens with zero attached hydrogens (tertiary/aromatic N) is 2. The molecule has 0 fully saturated rings. The molecule has 0 aliphatic rings. The molecule has 0 saturated heterocycles. The van der Waals surface area contributed by atoms with E-state index in [0.717, 1.165) is 29.7 Å². The predicted octanol–water partition coefficient (Wildman–Crippen LogP) is 1.07. The van der Waals surface area contributed by atoms with E-state index in [-0.39, 0.29) is 5.56 Å². The first kappa shape index (κ1) is 10.3. The maximum absolute atomic E-state index is 11.9. The zero-order valence-electron chi connectivity index (χ0n) is 8.56. The zero-order valence-corrected chi connectivity index (χ0v) is 9.38. The fourth-order valence-electron chi connectivity index (χ4n) is 1.48. The highest BCUT2D eigenvalue weighted by Gasteiger charge is 2.03. The molecule has 1 N–H and O–H groups in total. The highest BCUT2D eigenvalue weighted by molar-refractivity contribution is 7.16. The van der Waals surface area contributed by atoms with Crippen LogP contribution in [0.25, 0.3) is 10.2 Å². The van der Waals surface area contributed by atoms with Crippen LogP contribution in [0.2, 0.25) is 0 Å². The Morgan fingerprint density at radius 1 is 1.60 bits per heavy atom. The zero-order chi connectivity index (χ0) is 10.7. The highest BCUT2D eigenvalue weighted by atomic mass is 32.1. The van der Waals surface area contributed by atoms with Gasteiger partial charge in [0, 0.05) is 6.54 Å². The summed E-state index contributed by atoms with van der Waals surface area (Å²) in [7, 11) is 1.91. The Kier molecular flexibility index (Phi) is 3.13. The Labute approximate surface area is 91.6 Å². The highest BCUT2D eigenvalue weighted by Crippen LogP contribution is 2.13. The van der Waals surface area contributed by atoms with Gasteiger partial charge in [0.2, 0.25) is 0 Å². The van der Waals surface area contributed by atoms with Gasteiger partial charge in [-0.05, 0) is 31.5 Å². The minimum Gasteiger partial charge on any atom is -0.320 e. The molecule has 0 spiro atoms. The van der Waals surface area contributed by atoms with E-state index in [0.29, 0.717) is 0 Å². The van der Waals surface area contributed by atoms with Gasteiger partial charge >= 0.3 is 0 Å². The number of rotatable bonds is 4. The van der Waals surface area contributed by atoms with Gasteiger partial charge < -0.3 is 5.32 Å². The van der Waals surface area contributed by atoms with Gasteiger partial charge in [-0.3, -0.25) is 9.36 Å². The predicted molar refractivity (Wildman–Crippen MR) is 62.4 cm³/mol. The lowest BCUT2D eigenvalue weighted by atomic mass is 10.4. The summed E-state index contributed by atoms with van der Waals surface area (Å²) in [6.45, 7) is 1.63. The molecule has 4 nitrogen and oxygen atoms in total. The third-order valence-electron chi connectivity index (χ3n) is 2.28. The second-order valence-electron chi connectivity index (χ2n) is 3.34. The van der Waals surface area contributed by atoms with Crippen molar-refractivity contribution in [2.75, 3.05) is 13.6 Å². The summed E-state index contributed by atoms with van der Waals surface area (Å²) < 4.78 is 1.67. The summed E-state index contributed by atoms with van der Waals surface area (Å²) >= 11 is 1.50. The van der Waals surface area contributed by atoms with Crippen molar-refractivity contribution < 1.29 is 0 Å². The summed E-state index contributed by atoms with van der Waals surface area (Å²) in [5.74, 6) is 0. The van der Waals surface area contributed by atoms with Crippen molar-refractivity contribution in [2.24, 2.45) is 0 Å². The molecule has 0 atom stereocenters. The number of hydrogen-bond acceptors (Lipinski definition) is 4. The van der Waals surface area contributed by atoms with Crippen LogP contribution in [0.1, 0.15) is 6.42 Å². The maximum atomic E-state index is 11.9. The van der Waals surface area contributed by atoms with Crippen LogP contribution in [0.4, 0.5) is 0 Å². The third kappa shape index (κ3) is 2.08. The molecule has 2 heterocycles. The number of aromatic nitrogens is 2. The first-order chi connectivity index (χ1) is 7.33. The SMILES string of the molecule is CNCCCn1cnc2sccc2c1=O. The van der Waals surface area contributed by atoms with E-state index in [1.54, 1.807) is 10.9 Å². The fourth-order valence-corrected chi connectivity index (χ4v) is 2.20. The van der Waals surface area contributed by atoms with Crippen molar-refractivity contribution in [3.05, 3.63) is 28.1 Å². The van der Waals surface area contributed by atoms with E-state index in [4.69, 9.17) is 0 Å². The summed E-state index contributed by atoms with van der Waals surface area (Å²) in [5, 5.41) is 5.68. The van der Waals surface area contributed by atoms with Crippen molar-refractivity contribution in [2.45, 2.75) is 13.0 Å². The molecule has 0 aliphatic carbocycles. The van der Waals surface area contributed by atoms with E-state index in [1.165, 1.54) is 11.3 Å². The number of hydrogen-bond donors (Lipinski definition) is 1. The first-order valence-corrected chi connectivity index (χ1v) is 5.78. The van der Waals surface area contributed by atoms with E-state index < -0.39 is 0 Å². The lowest BCUT2D eigenvalue weighted by Crippen LogP contribution is -2.22. The molecule has 0 radical (unpaired) electrons. The van der Waals surface area contributed by atoms with Gasteiger partial charge in [-0.2, -0.15) is 0 Å². The van der Waals surface area contributed by atoms with Crippen molar-refractivity contribution in [1.29, 1.82) is 0 Å². The van der Waals surface area contributed by atoms with Crippen LogP contribution in [0.5, 0.6) is 0 Å². The summed E-state index contributed by atoms with van der Waals surface area (Å²) in [6, 6.07) is 1.84. The minimum absolute atomic E-state index is 0.0670. The first-order valence-electron chi connectivity index (χ1n) is 4.90. The van der Waals surface area contributed by atoms with Crippen molar-refractivity contribution in [1.82, 2.24) is 14.9 Å². The molecule has 0 aliphatic heterocycles. The van der Waals surface area contributed by atoms with Gasteiger partial charge in [0.15, 0.2) is 0 Å². The minimum atomic E-state index is 0.0670. The van der Waals surface area contributed by atoms with Crippen LogP contribution in [0.15, 0.2) is 22.6 Å². The molecule has 5 heteroatoms. The summed E-state index contributed by atoms with van der Waals surface area (Å²) in [6.07, 6.45) is 2.57. The molecular weight excluding hydrogens is 210 g/mol. The summed E-state index contributed by atoms with van der Waals surface area (Å²) in [5.41, 5.74) is 0.0670. The molecule has 2 rings (SSSR count). The number of fused-ring (bicyclic) bond motifs is 1. The Hall–Kier alpha value is -1.20. The molecule has 0 saturated carbocycles. The number of thiophene rings is 1. The summed E-state index contributed by atoms with van der Waals surface area (Å²) in [4.78, 5) is 17.0. The van der Waals surface area contributed by atoms with E-state index in [1.807, 2.05) is 18.5 Å². The molecule has 0 bridgehead atoms. The van der Waals surface area contributed by atoms with Gasteiger partial charge in [0.25, 0.3) is 5.56 Å². The molecule has 2 aromatic heterocycles. The van der Waals surface area contributed by atoms with Crippen molar-refractivity contribution in [3.8, 4) is 0 Å². The van der Waals surface area contributed by atoms with E-state index in [2.05, 4.69) is 10.3 Å². The molecule has 0 unspecified atom stereocenters. The largest absolute Gasteiger partial charge is 0.320 e. The Bertz CT molecular complexity index is 503. The van der Waals surface area contributed by atoms with Crippen LogP contribution in [0, 0.1) is 0 Å². The number of aryl methyl sites for hydroxylation is 1. The monoisotopic (exact) mass is 223 g/mol. The van der Waals surface area contributed by atoms with Crippen LogP contribution in [-0.2, 0) is 6.54 Å². The molecule has 15 heavy (non-hydrogen) atoms. The van der Waals surface area contributed by atoms with Crippen molar-refractivity contribution >= 4 is 21.6 Å². The Balaban J connectivity index is 2.28. The normalized spacial score (nSPS) is 11.0. The van der Waals surface area contributed by atoms with Crippen LogP contribution in [0.3, 0.4) is 0 Å². The van der Waals surface area contributed by atoms with Gasteiger partial charge in [-0.1, -0.05) is 0 Å². The van der Waals surface area contributed by atoms with Gasteiger partial charge in [-0.15, -0.1) is 11.3 Å². The van der Waals surface area contributed by atoms with Gasteiger partial charge in [0.05, 0.1) is 11.7 Å². The molecule has 80 valence electrons. The molecule has 0 aromatic carbocycles. The topological polar surface area (TPSA) is 46.9 Å². The molecule has 0 amide bonds. The lowest BCUT2D eigenvalue weighted by Gasteiger charge is -2.04. The third-order valence-corrected chi connectivity index (χ3v) is 3.10. The average Bonchev–Trinajstić information content (AvgIpc) is 2.70. The quantitative estimate of drug-likeness (QED) is 0.789. The smallest absolute Gasteiger partial charge is 0.262 e.